The van der Waals surface area contributed by atoms with E-state index in [0.29, 0.717) is 13.0 Å². The van der Waals surface area contributed by atoms with Crippen molar-refractivity contribution in [3.63, 3.8) is 0 Å². The third-order valence-electron chi connectivity index (χ3n) is 4.79. The van der Waals surface area contributed by atoms with Crippen molar-refractivity contribution >= 4 is 15.9 Å². The summed E-state index contributed by atoms with van der Waals surface area (Å²) in [6, 6.07) is 7.93. The Hall–Kier alpha value is -1.44. The van der Waals surface area contributed by atoms with Gasteiger partial charge in [0.25, 0.3) is 0 Å². The van der Waals surface area contributed by atoms with Crippen LogP contribution in [0.4, 0.5) is 0 Å². The van der Waals surface area contributed by atoms with E-state index in [2.05, 4.69) is 10.6 Å². The Morgan fingerprint density at radius 1 is 1.08 bits per heavy atom. The van der Waals surface area contributed by atoms with Gasteiger partial charge in [-0.05, 0) is 50.9 Å². The Morgan fingerprint density at radius 2 is 1.79 bits per heavy atom. The molecule has 2 aliphatic heterocycles. The summed E-state index contributed by atoms with van der Waals surface area (Å²) in [5, 5.41) is 6.32. The lowest BCUT2D eigenvalue weighted by Gasteiger charge is -2.35. The molecule has 2 heterocycles. The molecule has 2 aliphatic rings. The number of piperidine rings is 2. The number of carbonyl (C=O) groups excluding carboxylic acids is 1. The third kappa shape index (κ3) is 3.79. The first-order valence-electron chi connectivity index (χ1n) is 8.67. The van der Waals surface area contributed by atoms with Crippen LogP contribution in [-0.4, -0.2) is 50.3 Å². The van der Waals surface area contributed by atoms with E-state index in [1.165, 1.54) is 4.31 Å². The number of hydrogen-bond acceptors (Lipinski definition) is 4. The number of rotatable bonds is 4. The van der Waals surface area contributed by atoms with Gasteiger partial charge in [0.1, 0.15) is 6.04 Å². The van der Waals surface area contributed by atoms with Crippen LogP contribution in [-0.2, 0) is 14.8 Å². The Morgan fingerprint density at radius 3 is 2.50 bits per heavy atom. The van der Waals surface area contributed by atoms with Crippen LogP contribution in [0.1, 0.15) is 32.1 Å². The molecule has 0 aromatic heterocycles. The van der Waals surface area contributed by atoms with Gasteiger partial charge in [0.15, 0.2) is 0 Å². The summed E-state index contributed by atoms with van der Waals surface area (Å²) in [4.78, 5) is 13.0. The van der Waals surface area contributed by atoms with Crippen molar-refractivity contribution < 1.29 is 13.2 Å². The number of hydrogen-bond donors (Lipinski definition) is 2. The first-order chi connectivity index (χ1) is 11.6. The van der Waals surface area contributed by atoms with Gasteiger partial charge >= 0.3 is 0 Å². The van der Waals surface area contributed by atoms with Crippen molar-refractivity contribution in [3.05, 3.63) is 30.3 Å². The summed E-state index contributed by atoms with van der Waals surface area (Å²) >= 11 is 0. The lowest BCUT2D eigenvalue weighted by molar-refractivity contribution is -0.126. The summed E-state index contributed by atoms with van der Waals surface area (Å²) in [6.45, 7) is 2.19. The molecule has 0 aliphatic carbocycles. The van der Waals surface area contributed by atoms with E-state index < -0.39 is 16.1 Å². The molecular weight excluding hydrogens is 326 g/mol. The maximum Gasteiger partial charge on any atom is 0.243 e. The molecule has 0 bridgehead atoms. The minimum absolute atomic E-state index is 0.141. The summed E-state index contributed by atoms with van der Waals surface area (Å²) in [7, 11) is -3.64. The molecule has 7 heteroatoms. The highest BCUT2D eigenvalue weighted by Gasteiger charge is 2.38. The lowest BCUT2D eigenvalue weighted by atomic mass is 10.0. The Balaban J connectivity index is 1.76. The molecule has 0 saturated carbocycles. The average Bonchev–Trinajstić information content (AvgIpc) is 2.63. The van der Waals surface area contributed by atoms with Crippen LogP contribution in [0.3, 0.4) is 0 Å². The smallest absolute Gasteiger partial charge is 0.243 e. The molecule has 0 spiro atoms. The number of sulfonamides is 1. The van der Waals surface area contributed by atoms with Crippen LogP contribution < -0.4 is 10.6 Å². The van der Waals surface area contributed by atoms with Gasteiger partial charge in [-0.1, -0.05) is 24.6 Å². The fraction of sp³-hybridized carbons (Fsp3) is 0.588. The van der Waals surface area contributed by atoms with E-state index in [0.717, 1.165) is 38.8 Å². The monoisotopic (exact) mass is 351 g/mol. The first kappa shape index (κ1) is 17.4. The summed E-state index contributed by atoms with van der Waals surface area (Å²) in [6.07, 6.45) is 4.05. The van der Waals surface area contributed by atoms with E-state index in [1.807, 2.05) is 0 Å². The molecule has 1 unspecified atom stereocenters. The molecule has 2 N–H and O–H groups in total. The van der Waals surface area contributed by atoms with E-state index in [-0.39, 0.29) is 16.8 Å². The number of amides is 1. The molecule has 1 atom stereocenters. The molecule has 2 fully saturated rings. The summed E-state index contributed by atoms with van der Waals surface area (Å²) in [5.74, 6) is -0.152. The van der Waals surface area contributed by atoms with Crippen LogP contribution >= 0.6 is 0 Å². The van der Waals surface area contributed by atoms with Crippen LogP contribution in [0.2, 0.25) is 0 Å². The maximum atomic E-state index is 12.9. The van der Waals surface area contributed by atoms with Gasteiger partial charge in [-0.15, -0.1) is 0 Å². The average molecular weight is 351 g/mol. The highest BCUT2D eigenvalue weighted by Crippen LogP contribution is 2.25. The first-order valence-corrected chi connectivity index (χ1v) is 10.1. The highest BCUT2D eigenvalue weighted by atomic mass is 32.2. The molecular formula is C17H25N3O3S. The Bertz CT molecular complexity index is 657. The zero-order valence-electron chi connectivity index (χ0n) is 13.8. The second-order valence-corrected chi connectivity index (χ2v) is 8.36. The van der Waals surface area contributed by atoms with Crippen molar-refractivity contribution in [1.82, 2.24) is 14.9 Å². The van der Waals surface area contributed by atoms with Gasteiger partial charge in [-0.2, -0.15) is 4.31 Å². The van der Waals surface area contributed by atoms with Crippen molar-refractivity contribution in [2.45, 2.75) is 49.1 Å². The predicted octanol–water partition coefficient (Wildman–Crippen LogP) is 1.10. The molecule has 3 rings (SSSR count). The van der Waals surface area contributed by atoms with E-state index >= 15 is 0 Å². The van der Waals surface area contributed by atoms with Crippen molar-refractivity contribution in [2.75, 3.05) is 19.6 Å². The second-order valence-electron chi connectivity index (χ2n) is 6.47. The molecule has 0 radical (unpaired) electrons. The number of carbonyl (C=O) groups is 1. The zero-order valence-corrected chi connectivity index (χ0v) is 14.6. The van der Waals surface area contributed by atoms with Gasteiger partial charge in [-0.25, -0.2) is 8.42 Å². The Labute approximate surface area is 143 Å². The van der Waals surface area contributed by atoms with Gasteiger partial charge in [-0.3, -0.25) is 4.79 Å². The molecule has 1 aromatic carbocycles. The molecule has 132 valence electrons. The molecule has 1 aromatic rings. The molecule has 2 saturated heterocycles. The molecule has 24 heavy (non-hydrogen) atoms. The topological polar surface area (TPSA) is 78.5 Å². The minimum Gasteiger partial charge on any atom is -0.352 e. The third-order valence-corrected chi connectivity index (χ3v) is 6.71. The normalized spacial score (nSPS) is 23.8. The SMILES string of the molecule is O=C(NC1CCNCC1)C1CCCCN1S(=O)(=O)c1ccccc1. The van der Waals surface area contributed by atoms with Crippen LogP contribution in [0, 0.1) is 0 Å². The van der Waals surface area contributed by atoms with Crippen molar-refractivity contribution in [2.24, 2.45) is 0 Å². The highest BCUT2D eigenvalue weighted by molar-refractivity contribution is 7.89. The van der Waals surface area contributed by atoms with Gasteiger partial charge in [0, 0.05) is 12.6 Å². The minimum atomic E-state index is -3.64. The van der Waals surface area contributed by atoms with E-state index in [9.17, 15) is 13.2 Å². The fourth-order valence-corrected chi connectivity index (χ4v) is 5.12. The number of nitrogens with one attached hydrogen (secondary N) is 2. The number of benzene rings is 1. The molecule has 1 amide bonds. The Kier molecular flexibility index (Phi) is 5.53. The van der Waals surface area contributed by atoms with E-state index in [1.54, 1.807) is 30.3 Å². The standard InChI is InChI=1S/C17H25N3O3S/c21-17(19-14-9-11-18-12-10-14)16-8-4-5-13-20(16)24(22,23)15-6-2-1-3-7-15/h1-3,6-7,14,16,18H,4-5,8-13H2,(H,19,21). The number of nitrogens with zero attached hydrogens (tertiary/aromatic N) is 1. The summed E-state index contributed by atoms with van der Waals surface area (Å²) in [5.41, 5.74) is 0. The molecule has 6 nitrogen and oxygen atoms in total. The van der Waals surface area contributed by atoms with Crippen LogP contribution in [0.25, 0.3) is 0 Å². The van der Waals surface area contributed by atoms with Crippen LogP contribution in [0.5, 0.6) is 0 Å². The maximum absolute atomic E-state index is 12.9. The van der Waals surface area contributed by atoms with Gasteiger partial charge in [0.05, 0.1) is 4.90 Å². The van der Waals surface area contributed by atoms with Crippen molar-refractivity contribution in [1.29, 1.82) is 0 Å². The van der Waals surface area contributed by atoms with Crippen molar-refractivity contribution in [3.8, 4) is 0 Å². The van der Waals surface area contributed by atoms with Crippen LogP contribution in [0.15, 0.2) is 35.2 Å². The quantitative estimate of drug-likeness (QED) is 0.851. The largest absolute Gasteiger partial charge is 0.352 e. The fourth-order valence-electron chi connectivity index (χ4n) is 3.45. The second kappa shape index (κ2) is 7.63. The lowest BCUT2D eigenvalue weighted by Crippen LogP contribution is -2.54. The van der Waals surface area contributed by atoms with Gasteiger partial charge in [0.2, 0.25) is 15.9 Å². The summed E-state index contributed by atoms with van der Waals surface area (Å²) < 4.78 is 27.3. The zero-order chi connectivity index (χ0) is 17.0. The predicted molar refractivity (Wildman–Crippen MR) is 92.0 cm³/mol. The van der Waals surface area contributed by atoms with Gasteiger partial charge < -0.3 is 10.6 Å². The van der Waals surface area contributed by atoms with E-state index in [4.69, 9.17) is 0 Å².